The van der Waals surface area contributed by atoms with Crippen LogP contribution in [0.15, 0.2) is 53.7 Å². The fourth-order valence-corrected chi connectivity index (χ4v) is 4.33. The Morgan fingerprint density at radius 3 is 2.32 bits per heavy atom. The number of benzene rings is 2. The molecule has 3 aromatic rings. The number of hydrogen-bond donors (Lipinski definition) is 2. The van der Waals surface area contributed by atoms with Gasteiger partial charge in [0.05, 0.1) is 22.4 Å². The molecular formula is C25H30ClN5O2S. The molecule has 9 heteroatoms. The van der Waals surface area contributed by atoms with E-state index in [-0.39, 0.29) is 29.5 Å². The maximum absolute atomic E-state index is 12.8. The van der Waals surface area contributed by atoms with Gasteiger partial charge in [-0.05, 0) is 41.7 Å². The number of thioether (sulfide) groups is 1. The molecule has 0 spiro atoms. The third-order valence-corrected chi connectivity index (χ3v) is 6.76. The molecule has 2 N–H and O–H groups in total. The Labute approximate surface area is 209 Å². The van der Waals surface area contributed by atoms with Crippen molar-refractivity contribution in [1.82, 2.24) is 20.1 Å². The fraction of sp³-hybridized carbons (Fsp3) is 0.360. The van der Waals surface area contributed by atoms with Gasteiger partial charge in [-0.25, -0.2) is 0 Å². The summed E-state index contributed by atoms with van der Waals surface area (Å²) in [4.78, 5) is 25.2. The maximum Gasteiger partial charge on any atom is 0.253 e. The van der Waals surface area contributed by atoms with Crippen LogP contribution < -0.4 is 10.6 Å². The Morgan fingerprint density at radius 2 is 1.71 bits per heavy atom. The minimum atomic E-state index is -0.371. The van der Waals surface area contributed by atoms with Crippen LogP contribution >= 0.6 is 23.4 Å². The predicted octanol–water partition coefficient (Wildman–Crippen LogP) is 5.45. The number of rotatable bonds is 9. The highest BCUT2D eigenvalue weighted by atomic mass is 35.5. The van der Waals surface area contributed by atoms with E-state index in [1.807, 2.05) is 49.7 Å². The van der Waals surface area contributed by atoms with Crippen molar-refractivity contribution in [1.29, 1.82) is 0 Å². The normalized spacial score (nSPS) is 12.1. The van der Waals surface area contributed by atoms with Gasteiger partial charge >= 0.3 is 0 Å². The topological polar surface area (TPSA) is 88.9 Å². The lowest BCUT2D eigenvalue weighted by Crippen LogP contribution is -2.33. The zero-order valence-electron chi connectivity index (χ0n) is 20.0. The largest absolute Gasteiger partial charge is 0.342 e. The number of amides is 2. The van der Waals surface area contributed by atoms with E-state index in [0.717, 1.165) is 5.69 Å². The van der Waals surface area contributed by atoms with Crippen LogP contribution in [0.2, 0.25) is 5.02 Å². The van der Waals surface area contributed by atoms with Crippen molar-refractivity contribution in [3.8, 4) is 0 Å². The van der Waals surface area contributed by atoms with Crippen molar-refractivity contribution in [3.63, 3.8) is 0 Å². The summed E-state index contributed by atoms with van der Waals surface area (Å²) < 4.78 is 1.81. The van der Waals surface area contributed by atoms with E-state index in [2.05, 4.69) is 34.7 Å². The summed E-state index contributed by atoms with van der Waals surface area (Å²) in [6.07, 6.45) is 0. The van der Waals surface area contributed by atoms with Gasteiger partial charge in [0.15, 0.2) is 11.0 Å². The second kappa shape index (κ2) is 11.5. The standard InChI is InChI=1S/C25H30ClN5O2S/c1-15(2)17-10-12-18(13-11-17)27-21(32)14-34-25-30-29-23(31(25)5)22(16(3)4)28-24(33)19-8-6-7-9-20(19)26/h6-13,15-16,22H,14H2,1-5H3,(H,27,32)(H,28,33). The summed E-state index contributed by atoms with van der Waals surface area (Å²) in [6, 6.07) is 14.4. The summed E-state index contributed by atoms with van der Waals surface area (Å²) in [5.41, 5.74) is 2.39. The smallest absolute Gasteiger partial charge is 0.253 e. The third kappa shape index (κ3) is 6.39. The monoisotopic (exact) mass is 499 g/mol. The molecule has 0 radical (unpaired) electrons. The number of nitrogens with one attached hydrogen (secondary N) is 2. The first-order valence-electron chi connectivity index (χ1n) is 11.1. The van der Waals surface area contributed by atoms with E-state index in [4.69, 9.17) is 11.6 Å². The lowest BCUT2D eigenvalue weighted by Gasteiger charge is -2.22. The van der Waals surface area contributed by atoms with E-state index < -0.39 is 0 Å². The Morgan fingerprint density at radius 1 is 1.03 bits per heavy atom. The molecule has 0 bridgehead atoms. The molecule has 0 fully saturated rings. The van der Waals surface area contributed by atoms with Crippen LogP contribution in [0.25, 0.3) is 0 Å². The average molecular weight is 500 g/mol. The van der Waals surface area contributed by atoms with Gasteiger partial charge in [0, 0.05) is 12.7 Å². The van der Waals surface area contributed by atoms with E-state index >= 15 is 0 Å². The molecule has 0 aliphatic heterocycles. The van der Waals surface area contributed by atoms with E-state index in [1.165, 1.54) is 17.3 Å². The van der Waals surface area contributed by atoms with Crippen LogP contribution in [-0.2, 0) is 11.8 Å². The van der Waals surface area contributed by atoms with Gasteiger partial charge in [0.1, 0.15) is 0 Å². The number of anilines is 1. The molecule has 0 aliphatic rings. The fourth-order valence-electron chi connectivity index (χ4n) is 3.39. The summed E-state index contributed by atoms with van der Waals surface area (Å²) in [5, 5.41) is 15.5. The van der Waals surface area contributed by atoms with Crippen LogP contribution in [0.5, 0.6) is 0 Å². The van der Waals surface area contributed by atoms with Crippen LogP contribution in [-0.4, -0.2) is 32.3 Å². The van der Waals surface area contributed by atoms with Gasteiger partial charge in [0.2, 0.25) is 5.91 Å². The summed E-state index contributed by atoms with van der Waals surface area (Å²) >= 11 is 7.47. The Kier molecular flexibility index (Phi) is 8.74. The molecule has 1 atom stereocenters. The Balaban J connectivity index is 1.64. The van der Waals surface area contributed by atoms with Crippen molar-refractivity contribution in [3.05, 3.63) is 70.5 Å². The van der Waals surface area contributed by atoms with Gasteiger partial charge in [-0.1, -0.05) is 75.3 Å². The molecule has 7 nitrogen and oxygen atoms in total. The first kappa shape index (κ1) is 25.8. The van der Waals surface area contributed by atoms with Crippen LogP contribution in [0.1, 0.15) is 61.4 Å². The second-order valence-electron chi connectivity index (χ2n) is 8.69. The quantitative estimate of drug-likeness (QED) is 0.382. The first-order chi connectivity index (χ1) is 16.2. The number of halogens is 1. The second-order valence-corrected chi connectivity index (χ2v) is 10.0. The molecule has 34 heavy (non-hydrogen) atoms. The molecule has 0 saturated heterocycles. The number of carbonyl (C=O) groups is 2. The van der Waals surface area contributed by atoms with Gasteiger partial charge in [-0.3, -0.25) is 9.59 Å². The minimum Gasteiger partial charge on any atom is -0.342 e. The molecule has 0 saturated carbocycles. The Bertz CT molecular complexity index is 1140. The van der Waals surface area contributed by atoms with Gasteiger partial charge in [0.25, 0.3) is 5.91 Å². The number of hydrogen-bond acceptors (Lipinski definition) is 5. The molecule has 1 unspecified atom stereocenters. The van der Waals surface area contributed by atoms with Crippen molar-refractivity contribution >= 4 is 40.9 Å². The molecule has 1 aromatic heterocycles. The molecule has 2 aromatic carbocycles. The van der Waals surface area contributed by atoms with Crippen LogP contribution in [0, 0.1) is 5.92 Å². The zero-order chi connectivity index (χ0) is 24.8. The number of nitrogens with zero attached hydrogens (tertiary/aromatic N) is 3. The van der Waals surface area contributed by atoms with E-state index in [0.29, 0.717) is 27.5 Å². The highest BCUT2D eigenvalue weighted by molar-refractivity contribution is 7.99. The molecule has 1 heterocycles. The lowest BCUT2D eigenvalue weighted by molar-refractivity contribution is -0.113. The van der Waals surface area contributed by atoms with E-state index in [9.17, 15) is 9.59 Å². The first-order valence-corrected chi connectivity index (χ1v) is 12.5. The van der Waals surface area contributed by atoms with Crippen molar-refractivity contribution in [2.24, 2.45) is 13.0 Å². The summed E-state index contributed by atoms with van der Waals surface area (Å²) in [5.74, 6) is 0.904. The van der Waals surface area contributed by atoms with Crippen LogP contribution in [0.4, 0.5) is 5.69 Å². The average Bonchev–Trinajstić information content (AvgIpc) is 3.16. The van der Waals surface area contributed by atoms with Crippen molar-refractivity contribution < 1.29 is 9.59 Å². The molecule has 0 aliphatic carbocycles. The van der Waals surface area contributed by atoms with Crippen molar-refractivity contribution in [2.45, 2.75) is 44.8 Å². The molecular weight excluding hydrogens is 470 g/mol. The van der Waals surface area contributed by atoms with Gasteiger partial charge < -0.3 is 15.2 Å². The van der Waals surface area contributed by atoms with Crippen LogP contribution in [0.3, 0.4) is 0 Å². The predicted molar refractivity (Wildman–Crippen MR) is 137 cm³/mol. The lowest BCUT2D eigenvalue weighted by atomic mass is 10.0. The van der Waals surface area contributed by atoms with Gasteiger partial charge in [-0.15, -0.1) is 10.2 Å². The van der Waals surface area contributed by atoms with Gasteiger partial charge in [-0.2, -0.15) is 0 Å². The molecule has 2 amide bonds. The molecule has 180 valence electrons. The molecule has 3 rings (SSSR count). The number of carbonyl (C=O) groups excluding carboxylic acids is 2. The minimum absolute atomic E-state index is 0.0595. The van der Waals surface area contributed by atoms with E-state index in [1.54, 1.807) is 24.3 Å². The summed E-state index contributed by atoms with van der Waals surface area (Å²) in [7, 11) is 1.83. The maximum atomic E-state index is 12.8. The number of aromatic nitrogens is 3. The highest BCUT2D eigenvalue weighted by Crippen LogP contribution is 2.25. The van der Waals surface area contributed by atoms with Crippen molar-refractivity contribution in [2.75, 3.05) is 11.1 Å². The zero-order valence-corrected chi connectivity index (χ0v) is 21.6. The highest BCUT2D eigenvalue weighted by Gasteiger charge is 2.26. The third-order valence-electron chi connectivity index (χ3n) is 5.41. The summed E-state index contributed by atoms with van der Waals surface area (Å²) in [6.45, 7) is 8.25. The SMILES string of the molecule is CC(C)c1ccc(NC(=O)CSc2nnc(C(NC(=O)c3ccccc3Cl)C(C)C)n2C)cc1. The Hall–Kier alpha value is -2.84.